The summed E-state index contributed by atoms with van der Waals surface area (Å²) in [5.74, 6) is -2.03. The topological polar surface area (TPSA) is 89.8 Å². The lowest BCUT2D eigenvalue weighted by Gasteiger charge is -2.16. The number of hydrogen-bond donors (Lipinski definition) is 0. The van der Waals surface area contributed by atoms with E-state index in [1.807, 2.05) is 0 Å². The van der Waals surface area contributed by atoms with Crippen molar-refractivity contribution < 1.29 is 23.6 Å². The Kier molecular flexibility index (Phi) is 5.43. The van der Waals surface area contributed by atoms with Gasteiger partial charge in [0.05, 0.1) is 16.2 Å². The van der Waals surface area contributed by atoms with Gasteiger partial charge in [-0.2, -0.15) is 0 Å². The molecule has 8 heteroatoms. The molecule has 0 spiro atoms. The van der Waals surface area contributed by atoms with Crippen LogP contribution in [0.1, 0.15) is 20.7 Å². The third-order valence-electron chi connectivity index (χ3n) is 3.37. The van der Waals surface area contributed by atoms with Crippen LogP contribution in [-0.4, -0.2) is 37.4 Å². The number of nitrogens with zero attached hydrogens (tertiary/aromatic N) is 2. The van der Waals surface area contributed by atoms with Crippen LogP contribution >= 0.6 is 0 Å². The molecule has 0 aliphatic rings. The zero-order chi connectivity index (χ0) is 18.6. The molecule has 0 saturated heterocycles. The summed E-state index contributed by atoms with van der Waals surface area (Å²) in [6.45, 7) is -0.599. The highest BCUT2D eigenvalue weighted by Gasteiger charge is 2.20. The zero-order valence-electron chi connectivity index (χ0n) is 13.6. The average molecular weight is 346 g/mol. The molecule has 0 saturated carbocycles. The predicted molar refractivity (Wildman–Crippen MR) is 88.4 cm³/mol. The number of hydrogen-bond acceptors (Lipinski definition) is 6. The molecule has 0 atom stereocenters. The first kappa shape index (κ1) is 18.1. The molecule has 25 heavy (non-hydrogen) atoms. The summed E-state index contributed by atoms with van der Waals surface area (Å²) in [6.07, 6.45) is 0. The molecule has 2 aromatic carbocycles. The minimum atomic E-state index is -0.878. The Morgan fingerprint density at radius 3 is 2.52 bits per heavy atom. The first-order valence-electron chi connectivity index (χ1n) is 7.21. The Morgan fingerprint density at radius 2 is 1.92 bits per heavy atom. The second-order valence-corrected chi connectivity index (χ2v) is 5.36. The van der Waals surface area contributed by atoms with Gasteiger partial charge >= 0.3 is 5.97 Å². The fourth-order valence-corrected chi connectivity index (χ4v) is 2.15. The number of non-ortho nitro benzene ring substituents is 1. The van der Waals surface area contributed by atoms with Crippen LogP contribution in [0.5, 0.6) is 0 Å². The molecule has 2 aromatic rings. The molecule has 0 fully saturated rings. The summed E-state index contributed by atoms with van der Waals surface area (Å²) < 4.78 is 18.1. The van der Waals surface area contributed by atoms with Crippen molar-refractivity contribution >= 4 is 23.1 Å². The van der Waals surface area contributed by atoms with Crippen molar-refractivity contribution in [2.45, 2.75) is 0 Å². The van der Waals surface area contributed by atoms with Gasteiger partial charge in [0.25, 0.3) is 5.69 Å². The molecule has 2 rings (SSSR count). The third-order valence-corrected chi connectivity index (χ3v) is 3.37. The summed E-state index contributed by atoms with van der Waals surface area (Å²) in [4.78, 5) is 36.1. The normalized spacial score (nSPS) is 10.2. The van der Waals surface area contributed by atoms with Gasteiger partial charge in [0.1, 0.15) is 5.82 Å². The molecular weight excluding hydrogens is 331 g/mol. The van der Waals surface area contributed by atoms with Crippen molar-refractivity contribution in [2.24, 2.45) is 0 Å². The summed E-state index contributed by atoms with van der Waals surface area (Å²) in [6, 6.07) is 8.77. The van der Waals surface area contributed by atoms with E-state index in [0.717, 1.165) is 12.1 Å². The minimum Gasteiger partial charge on any atom is -0.454 e. The van der Waals surface area contributed by atoms with Crippen LogP contribution in [0.2, 0.25) is 0 Å². The van der Waals surface area contributed by atoms with Gasteiger partial charge in [-0.1, -0.05) is 12.1 Å². The van der Waals surface area contributed by atoms with Crippen molar-refractivity contribution in [3.8, 4) is 0 Å². The van der Waals surface area contributed by atoms with Gasteiger partial charge < -0.3 is 9.64 Å². The quantitative estimate of drug-likeness (QED) is 0.346. The molecule has 0 aliphatic carbocycles. The van der Waals surface area contributed by atoms with Crippen molar-refractivity contribution in [3.63, 3.8) is 0 Å². The van der Waals surface area contributed by atoms with Crippen LogP contribution in [0.15, 0.2) is 42.5 Å². The number of carbonyl (C=O) groups is 2. The first-order valence-corrected chi connectivity index (χ1v) is 7.21. The van der Waals surface area contributed by atoms with Gasteiger partial charge in [-0.3, -0.25) is 14.9 Å². The Morgan fingerprint density at radius 1 is 1.20 bits per heavy atom. The molecule has 0 aromatic heterocycles. The maximum absolute atomic E-state index is 13.1. The number of carbonyl (C=O) groups excluding carboxylic acids is 2. The Labute approximate surface area is 142 Å². The molecule has 0 N–H and O–H groups in total. The molecular formula is C17H15FN2O5. The monoisotopic (exact) mass is 346 g/mol. The summed E-state index contributed by atoms with van der Waals surface area (Å²) in [5.41, 5.74) is 0.175. The molecule has 130 valence electrons. The maximum Gasteiger partial charge on any atom is 0.340 e. The molecule has 0 radical (unpaired) electrons. The SMILES string of the molecule is CN(C)c1ccc([N+](=O)[O-])cc1C(=O)OCC(=O)c1cccc(F)c1. The van der Waals surface area contributed by atoms with Gasteiger partial charge in [0.15, 0.2) is 12.4 Å². The number of halogens is 1. The first-order chi connectivity index (χ1) is 11.8. The van der Waals surface area contributed by atoms with Crippen LogP contribution in [0.25, 0.3) is 0 Å². The molecule has 0 bridgehead atoms. The Balaban J connectivity index is 2.18. The Hall–Kier alpha value is -3.29. The molecule has 0 unspecified atom stereocenters. The third kappa shape index (κ3) is 4.37. The highest BCUT2D eigenvalue weighted by molar-refractivity contribution is 6.01. The number of nitro groups is 1. The number of ether oxygens (including phenoxy) is 1. The largest absolute Gasteiger partial charge is 0.454 e. The number of anilines is 1. The average Bonchev–Trinajstić information content (AvgIpc) is 2.58. The van der Waals surface area contributed by atoms with Crippen LogP contribution in [0.3, 0.4) is 0 Å². The van der Waals surface area contributed by atoms with Gasteiger partial charge in [-0.25, -0.2) is 9.18 Å². The Bertz CT molecular complexity index is 836. The predicted octanol–water partition coefficient (Wildman–Crippen LogP) is 2.84. The van der Waals surface area contributed by atoms with E-state index < -0.39 is 29.1 Å². The van der Waals surface area contributed by atoms with Gasteiger partial charge in [-0.15, -0.1) is 0 Å². The zero-order valence-corrected chi connectivity index (χ0v) is 13.6. The van der Waals surface area contributed by atoms with Crippen molar-refractivity contribution in [1.82, 2.24) is 0 Å². The highest BCUT2D eigenvalue weighted by Crippen LogP contribution is 2.25. The second-order valence-electron chi connectivity index (χ2n) is 5.36. The lowest BCUT2D eigenvalue weighted by Crippen LogP contribution is -2.18. The van der Waals surface area contributed by atoms with Crippen LogP contribution in [0, 0.1) is 15.9 Å². The van der Waals surface area contributed by atoms with Crippen LogP contribution < -0.4 is 4.90 Å². The lowest BCUT2D eigenvalue weighted by atomic mass is 10.1. The van der Waals surface area contributed by atoms with E-state index in [1.165, 1.54) is 30.3 Å². The summed E-state index contributed by atoms with van der Waals surface area (Å²) >= 11 is 0. The second kappa shape index (κ2) is 7.52. The summed E-state index contributed by atoms with van der Waals surface area (Å²) in [5, 5.41) is 10.9. The van der Waals surface area contributed by atoms with E-state index in [-0.39, 0.29) is 16.8 Å². The molecule has 0 heterocycles. The van der Waals surface area contributed by atoms with Crippen molar-refractivity contribution in [3.05, 3.63) is 69.5 Å². The number of nitro benzene ring substituents is 1. The molecule has 7 nitrogen and oxygen atoms in total. The van der Waals surface area contributed by atoms with E-state index in [2.05, 4.69) is 0 Å². The van der Waals surface area contributed by atoms with E-state index in [9.17, 15) is 24.1 Å². The lowest BCUT2D eigenvalue weighted by molar-refractivity contribution is -0.384. The van der Waals surface area contributed by atoms with Crippen molar-refractivity contribution in [2.75, 3.05) is 25.6 Å². The molecule has 0 aliphatic heterocycles. The van der Waals surface area contributed by atoms with E-state index in [1.54, 1.807) is 19.0 Å². The number of ketones is 1. The van der Waals surface area contributed by atoms with Gasteiger partial charge in [0.2, 0.25) is 0 Å². The standard InChI is InChI=1S/C17H15FN2O5/c1-19(2)15-7-6-13(20(23)24)9-14(15)17(22)25-10-16(21)11-4-3-5-12(18)8-11/h3-9H,10H2,1-2H3. The van der Waals surface area contributed by atoms with Crippen LogP contribution in [-0.2, 0) is 4.74 Å². The number of Topliss-reactive ketones (excluding diaryl/α,β-unsaturated/α-hetero) is 1. The van der Waals surface area contributed by atoms with E-state index in [4.69, 9.17) is 4.74 Å². The number of benzene rings is 2. The van der Waals surface area contributed by atoms with E-state index >= 15 is 0 Å². The minimum absolute atomic E-state index is 0.0359. The number of esters is 1. The van der Waals surface area contributed by atoms with Gasteiger partial charge in [0, 0.05) is 31.8 Å². The van der Waals surface area contributed by atoms with Gasteiger partial charge in [-0.05, 0) is 18.2 Å². The van der Waals surface area contributed by atoms with E-state index in [0.29, 0.717) is 5.69 Å². The smallest absolute Gasteiger partial charge is 0.340 e. The van der Waals surface area contributed by atoms with Crippen LogP contribution in [0.4, 0.5) is 15.8 Å². The highest BCUT2D eigenvalue weighted by atomic mass is 19.1. The van der Waals surface area contributed by atoms with Crippen molar-refractivity contribution in [1.29, 1.82) is 0 Å². The maximum atomic E-state index is 13.1. The number of rotatable bonds is 6. The fourth-order valence-electron chi connectivity index (χ4n) is 2.15. The molecule has 0 amide bonds. The fraction of sp³-hybridized carbons (Fsp3) is 0.176. The summed E-state index contributed by atoms with van der Waals surface area (Å²) in [7, 11) is 3.33.